The zero-order valence-corrected chi connectivity index (χ0v) is 14.4. The molecule has 5 heteroatoms. The van der Waals surface area contributed by atoms with E-state index in [0.29, 0.717) is 6.42 Å². The van der Waals surface area contributed by atoms with Crippen molar-refractivity contribution >= 4 is 5.91 Å². The van der Waals surface area contributed by atoms with Gasteiger partial charge in [0.1, 0.15) is 5.76 Å². The highest BCUT2D eigenvalue weighted by Gasteiger charge is 2.22. The third-order valence-electron chi connectivity index (χ3n) is 4.64. The molecular formula is C19H25N3O2. The molecule has 1 aromatic carbocycles. The lowest BCUT2D eigenvalue weighted by molar-refractivity contribution is -0.121. The summed E-state index contributed by atoms with van der Waals surface area (Å²) in [6.45, 7) is 6.66. The number of benzene rings is 1. The number of aryl methyl sites for hydroxylation is 2. The van der Waals surface area contributed by atoms with E-state index in [1.807, 2.05) is 19.9 Å². The molecule has 24 heavy (non-hydrogen) atoms. The number of piperidine rings is 1. The van der Waals surface area contributed by atoms with Crippen LogP contribution in [0.1, 0.15) is 35.4 Å². The van der Waals surface area contributed by atoms with Gasteiger partial charge in [0.2, 0.25) is 5.91 Å². The van der Waals surface area contributed by atoms with Crippen molar-refractivity contribution in [1.82, 2.24) is 15.4 Å². The summed E-state index contributed by atoms with van der Waals surface area (Å²) in [4.78, 5) is 14.8. The molecular weight excluding hydrogens is 302 g/mol. The van der Waals surface area contributed by atoms with Crippen LogP contribution in [0.2, 0.25) is 0 Å². The van der Waals surface area contributed by atoms with Crippen LogP contribution in [0.25, 0.3) is 0 Å². The molecule has 0 radical (unpaired) electrons. The van der Waals surface area contributed by atoms with Gasteiger partial charge < -0.3 is 9.84 Å². The van der Waals surface area contributed by atoms with Gasteiger partial charge in [0, 0.05) is 24.7 Å². The van der Waals surface area contributed by atoms with Crippen LogP contribution in [0.5, 0.6) is 0 Å². The highest BCUT2D eigenvalue weighted by atomic mass is 16.5. The van der Waals surface area contributed by atoms with Gasteiger partial charge in [-0.25, -0.2) is 0 Å². The van der Waals surface area contributed by atoms with Crippen LogP contribution in [0.15, 0.2) is 34.9 Å². The molecule has 128 valence electrons. The number of hydrogen-bond donors (Lipinski definition) is 1. The van der Waals surface area contributed by atoms with E-state index in [1.165, 1.54) is 5.56 Å². The number of amides is 1. The monoisotopic (exact) mass is 327 g/mol. The molecule has 1 atom stereocenters. The van der Waals surface area contributed by atoms with Crippen molar-refractivity contribution in [1.29, 1.82) is 0 Å². The molecule has 0 saturated carbocycles. The summed E-state index contributed by atoms with van der Waals surface area (Å²) in [6.07, 6.45) is 2.50. The SMILES string of the molecule is Cc1noc(C)c1CC(=O)N[C@H]1CCCN(Cc2ccccc2)C1. The summed E-state index contributed by atoms with van der Waals surface area (Å²) in [5.74, 6) is 0.785. The fraction of sp³-hybridized carbons (Fsp3) is 0.474. The first kappa shape index (κ1) is 16.7. The lowest BCUT2D eigenvalue weighted by Gasteiger charge is -2.33. The minimum absolute atomic E-state index is 0.0518. The summed E-state index contributed by atoms with van der Waals surface area (Å²) in [6, 6.07) is 10.7. The third-order valence-corrected chi connectivity index (χ3v) is 4.64. The Morgan fingerprint density at radius 3 is 2.83 bits per heavy atom. The smallest absolute Gasteiger partial charge is 0.224 e. The Bertz CT molecular complexity index is 662. The Morgan fingerprint density at radius 1 is 1.33 bits per heavy atom. The number of carbonyl (C=O) groups is 1. The maximum absolute atomic E-state index is 12.3. The van der Waals surface area contributed by atoms with E-state index in [-0.39, 0.29) is 11.9 Å². The van der Waals surface area contributed by atoms with Crippen LogP contribution < -0.4 is 5.32 Å². The van der Waals surface area contributed by atoms with E-state index >= 15 is 0 Å². The molecule has 1 aromatic heterocycles. The lowest BCUT2D eigenvalue weighted by atomic mass is 10.0. The predicted molar refractivity (Wildman–Crippen MR) is 92.6 cm³/mol. The average molecular weight is 327 g/mol. The molecule has 0 spiro atoms. The number of carbonyl (C=O) groups excluding carboxylic acids is 1. The van der Waals surface area contributed by atoms with Crippen molar-refractivity contribution in [2.24, 2.45) is 0 Å². The van der Waals surface area contributed by atoms with Gasteiger partial charge in [0.25, 0.3) is 0 Å². The van der Waals surface area contributed by atoms with E-state index in [2.05, 4.69) is 39.6 Å². The molecule has 1 aliphatic rings. The molecule has 3 rings (SSSR count). The van der Waals surface area contributed by atoms with Gasteiger partial charge in [0.15, 0.2) is 0 Å². The van der Waals surface area contributed by atoms with E-state index in [9.17, 15) is 4.79 Å². The molecule has 0 unspecified atom stereocenters. The largest absolute Gasteiger partial charge is 0.361 e. The van der Waals surface area contributed by atoms with Gasteiger partial charge >= 0.3 is 0 Å². The number of aromatic nitrogens is 1. The van der Waals surface area contributed by atoms with Crippen molar-refractivity contribution in [3.8, 4) is 0 Å². The van der Waals surface area contributed by atoms with E-state index < -0.39 is 0 Å². The van der Waals surface area contributed by atoms with Crippen molar-refractivity contribution in [2.45, 2.75) is 45.7 Å². The second kappa shape index (κ2) is 7.62. The molecule has 1 fully saturated rings. The number of likely N-dealkylation sites (tertiary alicyclic amines) is 1. The van der Waals surface area contributed by atoms with Gasteiger partial charge in [-0.05, 0) is 38.8 Å². The lowest BCUT2D eigenvalue weighted by Crippen LogP contribution is -2.47. The maximum atomic E-state index is 12.3. The Kier molecular flexibility index (Phi) is 5.30. The van der Waals surface area contributed by atoms with E-state index in [1.54, 1.807) is 0 Å². The van der Waals surface area contributed by atoms with Crippen LogP contribution >= 0.6 is 0 Å². The second-order valence-electron chi connectivity index (χ2n) is 6.61. The first-order valence-electron chi connectivity index (χ1n) is 8.59. The Labute approximate surface area is 143 Å². The van der Waals surface area contributed by atoms with Gasteiger partial charge in [-0.15, -0.1) is 0 Å². The molecule has 1 N–H and O–H groups in total. The van der Waals surface area contributed by atoms with Crippen LogP contribution in [0.3, 0.4) is 0 Å². The molecule has 5 nitrogen and oxygen atoms in total. The van der Waals surface area contributed by atoms with Crippen molar-refractivity contribution in [2.75, 3.05) is 13.1 Å². The highest BCUT2D eigenvalue weighted by molar-refractivity contribution is 5.79. The zero-order valence-electron chi connectivity index (χ0n) is 14.4. The van der Waals surface area contributed by atoms with Gasteiger partial charge in [-0.1, -0.05) is 35.5 Å². The minimum Gasteiger partial charge on any atom is -0.361 e. The minimum atomic E-state index is 0.0518. The quantitative estimate of drug-likeness (QED) is 0.917. The number of hydrogen-bond acceptors (Lipinski definition) is 4. The summed E-state index contributed by atoms with van der Waals surface area (Å²) in [5, 5.41) is 7.09. The molecule has 0 aliphatic carbocycles. The first-order chi connectivity index (χ1) is 11.6. The van der Waals surface area contributed by atoms with E-state index in [0.717, 1.165) is 49.5 Å². The summed E-state index contributed by atoms with van der Waals surface area (Å²) < 4.78 is 5.13. The molecule has 2 heterocycles. The van der Waals surface area contributed by atoms with Crippen LogP contribution in [-0.2, 0) is 17.8 Å². The topological polar surface area (TPSA) is 58.4 Å². The highest BCUT2D eigenvalue weighted by Crippen LogP contribution is 2.15. The second-order valence-corrected chi connectivity index (χ2v) is 6.61. The Balaban J connectivity index is 1.52. The maximum Gasteiger partial charge on any atom is 0.224 e. The van der Waals surface area contributed by atoms with Crippen molar-refractivity contribution in [3.63, 3.8) is 0 Å². The first-order valence-corrected chi connectivity index (χ1v) is 8.59. The Morgan fingerprint density at radius 2 is 2.12 bits per heavy atom. The summed E-state index contributed by atoms with van der Waals surface area (Å²) in [5.41, 5.74) is 3.03. The third kappa shape index (κ3) is 4.23. The summed E-state index contributed by atoms with van der Waals surface area (Å²) >= 11 is 0. The van der Waals surface area contributed by atoms with E-state index in [4.69, 9.17) is 4.52 Å². The van der Waals surface area contributed by atoms with Crippen LogP contribution in [-0.4, -0.2) is 35.1 Å². The zero-order chi connectivity index (χ0) is 16.9. The van der Waals surface area contributed by atoms with Crippen LogP contribution in [0, 0.1) is 13.8 Å². The van der Waals surface area contributed by atoms with Gasteiger partial charge in [0.05, 0.1) is 12.1 Å². The predicted octanol–water partition coefficient (Wildman–Crippen LogP) is 2.61. The van der Waals surface area contributed by atoms with Crippen molar-refractivity contribution in [3.05, 3.63) is 52.9 Å². The van der Waals surface area contributed by atoms with Gasteiger partial charge in [-0.2, -0.15) is 0 Å². The fourth-order valence-corrected chi connectivity index (χ4v) is 3.35. The normalized spacial score (nSPS) is 18.5. The Hall–Kier alpha value is -2.14. The molecule has 1 amide bonds. The van der Waals surface area contributed by atoms with Gasteiger partial charge in [-0.3, -0.25) is 9.69 Å². The number of nitrogens with zero attached hydrogens (tertiary/aromatic N) is 2. The number of rotatable bonds is 5. The fourth-order valence-electron chi connectivity index (χ4n) is 3.35. The summed E-state index contributed by atoms with van der Waals surface area (Å²) in [7, 11) is 0. The molecule has 2 aromatic rings. The molecule has 1 saturated heterocycles. The average Bonchev–Trinajstić information content (AvgIpc) is 2.88. The number of nitrogens with one attached hydrogen (secondary N) is 1. The standard InChI is InChI=1S/C19H25N3O2/c1-14-18(15(2)24-21-14)11-19(23)20-17-9-6-10-22(13-17)12-16-7-4-3-5-8-16/h3-5,7-8,17H,6,9-13H2,1-2H3,(H,20,23)/t17-/m0/s1. The molecule has 0 bridgehead atoms. The van der Waals surface area contributed by atoms with Crippen molar-refractivity contribution < 1.29 is 9.32 Å². The molecule has 1 aliphatic heterocycles. The van der Waals surface area contributed by atoms with Crippen LogP contribution in [0.4, 0.5) is 0 Å².